The summed E-state index contributed by atoms with van der Waals surface area (Å²) < 4.78 is 29.8. The molecule has 1 atom stereocenters. The number of carboxylic acid groups (broad SMARTS) is 2. The summed E-state index contributed by atoms with van der Waals surface area (Å²) in [6, 6.07) is 0. The van der Waals surface area contributed by atoms with Crippen molar-refractivity contribution >= 4 is 22.1 Å². The largest absolute Gasteiger partial charge is 0.480 e. The summed E-state index contributed by atoms with van der Waals surface area (Å²) in [6.45, 7) is 1.25. The molecular weight excluding hydrogens is 216 g/mol. The van der Waals surface area contributed by atoms with Crippen molar-refractivity contribution in [3.63, 3.8) is 0 Å². The fraction of sp³-hybridized carbons (Fsp3) is 0.500. The zero-order valence-corrected chi connectivity index (χ0v) is 7.98. The first-order valence-corrected chi connectivity index (χ1v) is 5.01. The molecule has 0 aliphatic carbocycles. The van der Waals surface area contributed by atoms with Crippen LogP contribution in [0, 0.1) is 5.92 Å². The molecule has 0 saturated carbocycles. The maximum absolute atomic E-state index is 10.6. The SMILES string of the molecule is CCC([C](C(=O)O)C(=O)O)S(=O)(=O)O. The van der Waals surface area contributed by atoms with Gasteiger partial charge in [0.2, 0.25) is 5.92 Å². The van der Waals surface area contributed by atoms with Crippen LogP contribution in [-0.4, -0.2) is 40.4 Å². The summed E-state index contributed by atoms with van der Waals surface area (Å²) in [4.78, 5) is 20.8. The van der Waals surface area contributed by atoms with Crippen molar-refractivity contribution in [3.8, 4) is 0 Å². The lowest BCUT2D eigenvalue weighted by Crippen LogP contribution is -2.37. The second-order valence-electron chi connectivity index (χ2n) is 2.44. The van der Waals surface area contributed by atoms with Crippen LogP contribution >= 0.6 is 0 Å². The maximum Gasteiger partial charge on any atom is 0.324 e. The Kier molecular flexibility index (Phi) is 4.02. The van der Waals surface area contributed by atoms with Gasteiger partial charge in [0.1, 0.15) is 5.25 Å². The van der Waals surface area contributed by atoms with E-state index in [9.17, 15) is 18.0 Å². The van der Waals surface area contributed by atoms with Crippen LogP contribution in [0.1, 0.15) is 13.3 Å². The van der Waals surface area contributed by atoms with E-state index in [1.807, 2.05) is 0 Å². The molecule has 7 nitrogen and oxygen atoms in total. The van der Waals surface area contributed by atoms with Crippen LogP contribution in [0.3, 0.4) is 0 Å². The molecule has 0 aromatic heterocycles. The molecule has 0 aliphatic rings. The van der Waals surface area contributed by atoms with Gasteiger partial charge in [-0.05, 0) is 6.42 Å². The van der Waals surface area contributed by atoms with E-state index in [1.165, 1.54) is 6.92 Å². The predicted octanol–water partition coefficient (Wildman–Crippen LogP) is -0.604. The highest BCUT2D eigenvalue weighted by Crippen LogP contribution is 2.18. The van der Waals surface area contributed by atoms with Crippen LogP contribution in [0.25, 0.3) is 0 Å². The second kappa shape index (κ2) is 4.38. The molecule has 0 amide bonds. The lowest BCUT2D eigenvalue weighted by molar-refractivity contribution is -0.144. The summed E-state index contributed by atoms with van der Waals surface area (Å²) >= 11 is 0. The topological polar surface area (TPSA) is 129 Å². The van der Waals surface area contributed by atoms with Crippen molar-refractivity contribution in [1.29, 1.82) is 0 Å². The zero-order valence-electron chi connectivity index (χ0n) is 7.17. The Morgan fingerprint density at radius 1 is 1.21 bits per heavy atom. The lowest BCUT2D eigenvalue weighted by Gasteiger charge is -2.14. The minimum absolute atomic E-state index is 0.327. The minimum Gasteiger partial charge on any atom is -0.480 e. The predicted molar refractivity (Wildman–Crippen MR) is 44.1 cm³/mol. The number of carbonyl (C=O) groups is 2. The van der Waals surface area contributed by atoms with Gasteiger partial charge in [-0.15, -0.1) is 0 Å². The fourth-order valence-corrected chi connectivity index (χ4v) is 1.85. The lowest BCUT2D eigenvalue weighted by atomic mass is 10.0. The Hall–Kier alpha value is -1.15. The van der Waals surface area contributed by atoms with Crippen molar-refractivity contribution in [3.05, 3.63) is 5.92 Å². The van der Waals surface area contributed by atoms with Gasteiger partial charge in [-0.25, -0.2) is 0 Å². The monoisotopic (exact) mass is 225 g/mol. The van der Waals surface area contributed by atoms with E-state index in [1.54, 1.807) is 0 Å². The highest BCUT2D eigenvalue weighted by Gasteiger charge is 2.42. The van der Waals surface area contributed by atoms with E-state index >= 15 is 0 Å². The fourth-order valence-electron chi connectivity index (χ4n) is 0.931. The van der Waals surface area contributed by atoms with E-state index in [0.717, 1.165) is 0 Å². The van der Waals surface area contributed by atoms with E-state index in [4.69, 9.17) is 14.8 Å². The third-order valence-electron chi connectivity index (χ3n) is 1.51. The van der Waals surface area contributed by atoms with Crippen molar-refractivity contribution in [2.75, 3.05) is 0 Å². The third-order valence-corrected chi connectivity index (χ3v) is 2.80. The quantitative estimate of drug-likeness (QED) is 0.420. The molecule has 8 heteroatoms. The Morgan fingerprint density at radius 2 is 1.57 bits per heavy atom. The van der Waals surface area contributed by atoms with Crippen LogP contribution in [0.5, 0.6) is 0 Å². The summed E-state index contributed by atoms with van der Waals surface area (Å²) in [6.07, 6.45) is -0.327. The van der Waals surface area contributed by atoms with Crippen LogP contribution in [-0.2, 0) is 19.7 Å². The molecular formula is C6H9O7S. The van der Waals surface area contributed by atoms with Gasteiger partial charge in [-0.1, -0.05) is 6.92 Å². The molecule has 14 heavy (non-hydrogen) atoms. The summed E-state index contributed by atoms with van der Waals surface area (Å²) in [5, 5.41) is 14.9. The zero-order chi connectivity index (χ0) is 11.5. The number of hydrogen-bond acceptors (Lipinski definition) is 4. The molecule has 0 bridgehead atoms. The van der Waals surface area contributed by atoms with Gasteiger partial charge in [0.15, 0.2) is 0 Å². The van der Waals surface area contributed by atoms with Gasteiger partial charge < -0.3 is 10.2 Å². The molecule has 3 N–H and O–H groups in total. The first-order valence-electron chi connectivity index (χ1n) is 3.51. The first kappa shape index (κ1) is 12.8. The Balaban J connectivity index is 5.18. The van der Waals surface area contributed by atoms with Gasteiger partial charge in [0.05, 0.1) is 0 Å². The molecule has 81 valence electrons. The van der Waals surface area contributed by atoms with Crippen molar-refractivity contribution < 1.29 is 32.8 Å². The van der Waals surface area contributed by atoms with Gasteiger partial charge in [-0.2, -0.15) is 8.42 Å². The number of aliphatic carboxylic acids is 2. The average molecular weight is 225 g/mol. The van der Waals surface area contributed by atoms with E-state index in [2.05, 4.69) is 0 Å². The van der Waals surface area contributed by atoms with Gasteiger partial charge in [-0.3, -0.25) is 14.1 Å². The van der Waals surface area contributed by atoms with E-state index in [0.29, 0.717) is 0 Å². The van der Waals surface area contributed by atoms with Crippen molar-refractivity contribution in [2.24, 2.45) is 0 Å². The Labute approximate surface area is 80.1 Å². The number of carboxylic acids is 2. The molecule has 0 fully saturated rings. The van der Waals surface area contributed by atoms with Crippen LogP contribution in [0.2, 0.25) is 0 Å². The summed E-state index contributed by atoms with van der Waals surface area (Å²) in [5.41, 5.74) is 0. The maximum atomic E-state index is 10.6. The molecule has 0 heterocycles. The van der Waals surface area contributed by atoms with Gasteiger partial charge in [0.25, 0.3) is 10.1 Å². The average Bonchev–Trinajstić information content (AvgIpc) is 1.95. The molecule has 1 unspecified atom stereocenters. The molecule has 0 aromatic rings. The smallest absolute Gasteiger partial charge is 0.324 e. The highest BCUT2D eigenvalue weighted by molar-refractivity contribution is 7.86. The molecule has 0 spiro atoms. The van der Waals surface area contributed by atoms with Crippen molar-refractivity contribution in [2.45, 2.75) is 18.6 Å². The molecule has 1 radical (unpaired) electrons. The molecule has 0 rings (SSSR count). The summed E-state index contributed by atoms with van der Waals surface area (Å²) in [5.74, 6) is -5.00. The van der Waals surface area contributed by atoms with E-state index < -0.39 is 33.2 Å². The van der Waals surface area contributed by atoms with Crippen LogP contribution in [0.4, 0.5) is 0 Å². The highest BCUT2D eigenvalue weighted by atomic mass is 32.2. The van der Waals surface area contributed by atoms with Gasteiger partial charge in [0, 0.05) is 0 Å². The summed E-state index contributed by atoms with van der Waals surface area (Å²) in [7, 11) is -4.70. The van der Waals surface area contributed by atoms with Crippen LogP contribution < -0.4 is 0 Å². The van der Waals surface area contributed by atoms with E-state index in [-0.39, 0.29) is 6.42 Å². The number of hydrogen-bond donors (Lipinski definition) is 3. The van der Waals surface area contributed by atoms with Gasteiger partial charge >= 0.3 is 11.9 Å². The minimum atomic E-state index is -4.70. The first-order chi connectivity index (χ1) is 6.21. The Morgan fingerprint density at radius 3 is 1.64 bits per heavy atom. The number of rotatable bonds is 5. The molecule has 0 saturated heterocycles. The van der Waals surface area contributed by atoms with Crippen LogP contribution in [0.15, 0.2) is 0 Å². The Bertz CT molecular complexity index is 316. The standard InChI is InChI=1S/C6H9O7S/c1-2-3(14(11,12)13)4(5(7)8)6(9)10/h3H,2H2,1H3,(H,7,8)(H,9,10)(H,11,12,13). The molecule has 0 aliphatic heterocycles. The van der Waals surface area contributed by atoms with Crippen molar-refractivity contribution in [1.82, 2.24) is 0 Å². The third kappa shape index (κ3) is 2.96. The second-order valence-corrected chi connectivity index (χ2v) is 4.03. The normalized spacial score (nSPS) is 13.9. The molecule has 0 aromatic carbocycles.